The molecule has 1 atom stereocenters. The molecule has 2 aromatic rings. The fraction of sp³-hybridized carbons (Fsp3) is 0.200. The monoisotopic (exact) mass is 326 g/mol. The molecule has 3 heteroatoms. The summed E-state index contributed by atoms with van der Waals surface area (Å²) >= 11 is 9.88. The van der Waals surface area contributed by atoms with E-state index in [1.807, 2.05) is 31.2 Å². The third kappa shape index (κ3) is 3.12. The average molecular weight is 328 g/mol. The molecule has 0 amide bonds. The second-order valence-electron chi connectivity index (χ2n) is 4.29. The molecule has 0 saturated heterocycles. The smallest absolute Gasteiger partial charge is 0.126 e. The van der Waals surface area contributed by atoms with Gasteiger partial charge in [-0.3, -0.25) is 0 Å². The minimum Gasteiger partial charge on any atom is -0.207 e. The zero-order chi connectivity index (χ0) is 13.1. The Morgan fingerprint density at radius 3 is 2.61 bits per heavy atom. The Kier molecular flexibility index (Phi) is 4.41. The highest BCUT2D eigenvalue weighted by molar-refractivity contribution is 9.10. The number of halogens is 3. The van der Waals surface area contributed by atoms with Gasteiger partial charge < -0.3 is 0 Å². The van der Waals surface area contributed by atoms with Crippen LogP contribution in [0.15, 0.2) is 46.9 Å². The number of alkyl halides is 1. The second kappa shape index (κ2) is 5.85. The van der Waals surface area contributed by atoms with Gasteiger partial charge in [-0.25, -0.2) is 4.39 Å². The van der Waals surface area contributed by atoms with Gasteiger partial charge in [-0.2, -0.15) is 0 Å². The van der Waals surface area contributed by atoms with Gasteiger partial charge >= 0.3 is 0 Å². The molecule has 0 aliphatic rings. The first-order valence-electron chi connectivity index (χ1n) is 5.71. The first-order chi connectivity index (χ1) is 8.58. The minimum atomic E-state index is -0.239. The van der Waals surface area contributed by atoms with E-state index in [1.165, 1.54) is 11.6 Å². The summed E-state index contributed by atoms with van der Waals surface area (Å²) in [6, 6.07) is 12.8. The van der Waals surface area contributed by atoms with Crippen molar-refractivity contribution in [1.29, 1.82) is 0 Å². The number of aryl methyl sites for hydroxylation is 1. The highest BCUT2D eigenvalue weighted by Crippen LogP contribution is 2.32. The lowest BCUT2D eigenvalue weighted by molar-refractivity contribution is 0.607. The van der Waals surface area contributed by atoms with Crippen molar-refractivity contribution in [2.24, 2.45) is 0 Å². The first-order valence-corrected chi connectivity index (χ1v) is 6.94. The van der Waals surface area contributed by atoms with Crippen LogP contribution in [0.5, 0.6) is 0 Å². The standard InChI is InChI=1S/C15H13BrClF/c1-10-6-7-12(13(16)8-10)14(17)9-11-4-2-3-5-15(11)18/h2-8,14H,9H2,1H3. The lowest BCUT2D eigenvalue weighted by atomic mass is 10.0. The SMILES string of the molecule is Cc1ccc(C(Cl)Cc2ccccc2F)c(Br)c1. The Hall–Kier alpha value is -0.860. The minimum absolute atomic E-state index is 0.202. The molecule has 18 heavy (non-hydrogen) atoms. The molecule has 0 radical (unpaired) electrons. The largest absolute Gasteiger partial charge is 0.207 e. The van der Waals surface area contributed by atoms with Crippen molar-refractivity contribution in [2.45, 2.75) is 18.7 Å². The van der Waals surface area contributed by atoms with Gasteiger partial charge in [0.1, 0.15) is 5.82 Å². The summed E-state index contributed by atoms with van der Waals surface area (Å²) in [6.07, 6.45) is 0.482. The van der Waals surface area contributed by atoms with Crippen molar-refractivity contribution in [3.8, 4) is 0 Å². The quantitative estimate of drug-likeness (QED) is 0.660. The zero-order valence-corrected chi connectivity index (χ0v) is 12.3. The van der Waals surface area contributed by atoms with Gasteiger partial charge in [0.05, 0.1) is 5.38 Å². The van der Waals surface area contributed by atoms with Crippen LogP contribution in [0, 0.1) is 12.7 Å². The molecule has 0 aliphatic heterocycles. The van der Waals surface area contributed by atoms with E-state index in [0.717, 1.165) is 10.0 Å². The molecule has 94 valence electrons. The maximum Gasteiger partial charge on any atom is 0.126 e. The summed E-state index contributed by atoms with van der Waals surface area (Å²) in [7, 11) is 0. The lowest BCUT2D eigenvalue weighted by Crippen LogP contribution is -1.99. The number of benzene rings is 2. The highest BCUT2D eigenvalue weighted by atomic mass is 79.9. The van der Waals surface area contributed by atoms with E-state index in [1.54, 1.807) is 12.1 Å². The molecule has 0 fully saturated rings. The number of rotatable bonds is 3. The molecule has 1 unspecified atom stereocenters. The van der Waals surface area contributed by atoms with Crippen molar-refractivity contribution in [3.63, 3.8) is 0 Å². The van der Waals surface area contributed by atoms with Gasteiger partial charge in [0.15, 0.2) is 0 Å². The maximum atomic E-state index is 13.6. The van der Waals surface area contributed by atoms with E-state index in [-0.39, 0.29) is 11.2 Å². The van der Waals surface area contributed by atoms with Gasteiger partial charge in [-0.15, -0.1) is 11.6 Å². The summed E-state index contributed by atoms with van der Waals surface area (Å²) in [5, 5.41) is -0.239. The van der Waals surface area contributed by atoms with Crippen LogP contribution in [-0.2, 0) is 6.42 Å². The van der Waals surface area contributed by atoms with Crippen LogP contribution in [0.3, 0.4) is 0 Å². The fourth-order valence-electron chi connectivity index (χ4n) is 1.85. The summed E-state index contributed by atoms with van der Waals surface area (Å²) in [5.41, 5.74) is 2.80. The molecule has 0 spiro atoms. The maximum absolute atomic E-state index is 13.6. The van der Waals surface area contributed by atoms with Crippen molar-refractivity contribution >= 4 is 27.5 Å². The Bertz CT molecular complexity index is 554. The molecule has 0 aromatic heterocycles. The van der Waals surface area contributed by atoms with Crippen LogP contribution in [-0.4, -0.2) is 0 Å². The predicted molar refractivity (Wildman–Crippen MR) is 77.6 cm³/mol. The normalized spacial score (nSPS) is 12.4. The Labute approximate surface area is 120 Å². The van der Waals surface area contributed by atoms with Crippen molar-refractivity contribution in [2.75, 3.05) is 0 Å². The van der Waals surface area contributed by atoms with Crippen LogP contribution < -0.4 is 0 Å². The molecule has 0 nitrogen and oxygen atoms in total. The lowest BCUT2D eigenvalue weighted by Gasteiger charge is -2.13. The molecular formula is C15H13BrClF. The second-order valence-corrected chi connectivity index (χ2v) is 5.67. The Morgan fingerprint density at radius 1 is 1.22 bits per heavy atom. The third-order valence-electron chi connectivity index (χ3n) is 2.85. The predicted octanol–water partition coefficient (Wildman–Crippen LogP) is 5.42. The highest BCUT2D eigenvalue weighted by Gasteiger charge is 2.14. The molecule has 0 bridgehead atoms. The molecular weight excluding hydrogens is 315 g/mol. The molecule has 0 aliphatic carbocycles. The van der Waals surface area contributed by atoms with Gasteiger partial charge in [-0.05, 0) is 42.2 Å². The molecule has 2 aromatic carbocycles. The number of hydrogen-bond donors (Lipinski definition) is 0. The molecule has 2 rings (SSSR count). The molecule has 0 N–H and O–H groups in total. The van der Waals surface area contributed by atoms with Gasteiger partial charge in [-0.1, -0.05) is 46.3 Å². The summed E-state index contributed by atoms with van der Waals surface area (Å²) in [5.74, 6) is -0.202. The number of hydrogen-bond acceptors (Lipinski definition) is 0. The van der Waals surface area contributed by atoms with Crippen molar-refractivity contribution in [1.82, 2.24) is 0 Å². The van der Waals surface area contributed by atoms with Crippen LogP contribution >= 0.6 is 27.5 Å². The summed E-state index contributed by atoms with van der Waals surface area (Å²) in [4.78, 5) is 0. The zero-order valence-electron chi connectivity index (χ0n) is 9.96. The van der Waals surface area contributed by atoms with Crippen molar-refractivity contribution in [3.05, 3.63) is 69.4 Å². The van der Waals surface area contributed by atoms with E-state index >= 15 is 0 Å². The first kappa shape index (κ1) is 13.6. The van der Waals surface area contributed by atoms with Gasteiger partial charge in [0, 0.05) is 4.47 Å². The molecule has 0 saturated carbocycles. The van der Waals surface area contributed by atoms with Crippen LogP contribution in [0.1, 0.15) is 22.1 Å². The van der Waals surface area contributed by atoms with Crippen LogP contribution in [0.2, 0.25) is 0 Å². The van der Waals surface area contributed by atoms with Gasteiger partial charge in [0.25, 0.3) is 0 Å². The van der Waals surface area contributed by atoms with E-state index in [2.05, 4.69) is 15.9 Å². The fourth-order valence-corrected chi connectivity index (χ4v) is 3.11. The topological polar surface area (TPSA) is 0 Å². The van der Waals surface area contributed by atoms with E-state index in [9.17, 15) is 4.39 Å². The summed E-state index contributed by atoms with van der Waals surface area (Å²) < 4.78 is 14.5. The van der Waals surface area contributed by atoms with E-state index < -0.39 is 0 Å². The Morgan fingerprint density at radius 2 is 1.94 bits per heavy atom. The van der Waals surface area contributed by atoms with Crippen LogP contribution in [0.4, 0.5) is 4.39 Å². The third-order valence-corrected chi connectivity index (χ3v) is 3.93. The van der Waals surface area contributed by atoms with Crippen molar-refractivity contribution < 1.29 is 4.39 Å². The van der Waals surface area contributed by atoms with Crippen LogP contribution in [0.25, 0.3) is 0 Å². The average Bonchev–Trinajstić information content (AvgIpc) is 2.32. The van der Waals surface area contributed by atoms with E-state index in [4.69, 9.17) is 11.6 Å². The molecule has 0 heterocycles. The van der Waals surface area contributed by atoms with E-state index in [0.29, 0.717) is 12.0 Å². The Balaban J connectivity index is 2.22. The van der Waals surface area contributed by atoms with Gasteiger partial charge in [0.2, 0.25) is 0 Å². The summed E-state index contributed by atoms with van der Waals surface area (Å²) in [6.45, 7) is 2.02.